The molecule has 1 unspecified atom stereocenters. The van der Waals surface area contributed by atoms with Crippen LogP contribution in [-0.4, -0.2) is 55.2 Å². The summed E-state index contributed by atoms with van der Waals surface area (Å²) in [5.41, 5.74) is 0.958. The Morgan fingerprint density at radius 2 is 2.19 bits per heavy atom. The van der Waals surface area contributed by atoms with Gasteiger partial charge in [0.1, 0.15) is 5.76 Å². The first-order valence-electron chi connectivity index (χ1n) is 7.54. The largest absolute Gasteiger partial charge is 0.361 e. The molecule has 21 heavy (non-hydrogen) atoms. The third-order valence-corrected chi connectivity index (χ3v) is 5.80. The molecule has 6 nitrogen and oxygen atoms in total. The van der Waals surface area contributed by atoms with E-state index in [9.17, 15) is 8.42 Å². The van der Waals surface area contributed by atoms with E-state index in [4.69, 9.17) is 4.52 Å². The highest BCUT2D eigenvalue weighted by atomic mass is 32.2. The number of sulfonamides is 1. The van der Waals surface area contributed by atoms with Crippen molar-refractivity contribution in [2.45, 2.75) is 44.2 Å². The van der Waals surface area contributed by atoms with Gasteiger partial charge in [-0.25, -0.2) is 12.7 Å². The molecular weight excluding hydrogens is 290 g/mol. The molecule has 0 spiro atoms. The van der Waals surface area contributed by atoms with Crippen LogP contribution in [0.15, 0.2) is 10.6 Å². The minimum absolute atomic E-state index is 0.0588. The molecule has 0 bridgehead atoms. The van der Waals surface area contributed by atoms with E-state index in [0.29, 0.717) is 5.92 Å². The molecular formula is C14H23N3O3S. The van der Waals surface area contributed by atoms with E-state index >= 15 is 0 Å². The Labute approximate surface area is 126 Å². The molecule has 0 N–H and O–H groups in total. The summed E-state index contributed by atoms with van der Waals surface area (Å²) in [6, 6.07) is 2.12. The van der Waals surface area contributed by atoms with Gasteiger partial charge in [-0.2, -0.15) is 0 Å². The van der Waals surface area contributed by atoms with Gasteiger partial charge in [-0.3, -0.25) is 4.90 Å². The highest BCUT2D eigenvalue weighted by molar-refractivity contribution is 7.88. The van der Waals surface area contributed by atoms with Crippen LogP contribution in [0.25, 0.3) is 0 Å². The molecule has 1 aliphatic heterocycles. The maximum atomic E-state index is 11.7. The summed E-state index contributed by atoms with van der Waals surface area (Å²) in [5.74, 6) is 1.59. The summed E-state index contributed by atoms with van der Waals surface area (Å²) in [6.45, 7) is 2.49. The Bertz CT molecular complexity index is 594. The second-order valence-corrected chi connectivity index (χ2v) is 8.35. The molecule has 2 heterocycles. The lowest BCUT2D eigenvalue weighted by Gasteiger charge is -2.36. The Kier molecular flexibility index (Phi) is 4.07. The highest BCUT2D eigenvalue weighted by Crippen LogP contribution is 2.40. The van der Waals surface area contributed by atoms with Crippen molar-refractivity contribution in [3.63, 3.8) is 0 Å². The molecule has 0 radical (unpaired) electrons. The Hall–Kier alpha value is -0.920. The van der Waals surface area contributed by atoms with Crippen molar-refractivity contribution < 1.29 is 12.9 Å². The molecule has 118 valence electrons. The molecule has 1 aromatic rings. The molecule has 7 heteroatoms. The van der Waals surface area contributed by atoms with E-state index in [1.807, 2.05) is 0 Å². The standard InChI is InChI=1S/C14H23N3O3S/c1-16(21(2,18)19)13-4-3-7-17(10-13)9-12-8-14(20-15-12)11-5-6-11/h8,11,13H,3-7,9-10H2,1-2H3. The lowest BCUT2D eigenvalue weighted by Crippen LogP contribution is -2.47. The number of hydrogen-bond acceptors (Lipinski definition) is 5. The maximum absolute atomic E-state index is 11.7. The monoisotopic (exact) mass is 313 g/mol. The van der Waals surface area contributed by atoms with E-state index in [-0.39, 0.29) is 6.04 Å². The number of rotatable bonds is 5. The Balaban J connectivity index is 1.60. The maximum Gasteiger partial charge on any atom is 0.211 e. The minimum atomic E-state index is -3.13. The second kappa shape index (κ2) is 5.70. The van der Waals surface area contributed by atoms with Crippen LogP contribution < -0.4 is 0 Å². The molecule has 2 aliphatic rings. The number of piperidine rings is 1. The van der Waals surface area contributed by atoms with E-state index in [2.05, 4.69) is 16.1 Å². The van der Waals surface area contributed by atoms with Crippen LogP contribution >= 0.6 is 0 Å². The molecule has 1 saturated heterocycles. The predicted molar refractivity (Wildman–Crippen MR) is 79.4 cm³/mol. The summed E-state index contributed by atoms with van der Waals surface area (Å²) in [7, 11) is -1.45. The molecule has 3 rings (SSSR count). The molecule has 1 aromatic heterocycles. The zero-order valence-corrected chi connectivity index (χ0v) is 13.5. The fraction of sp³-hybridized carbons (Fsp3) is 0.786. The van der Waals surface area contributed by atoms with Gasteiger partial charge in [0, 0.05) is 38.2 Å². The smallest absolute Gasteiger partial charge is 0.211 e. The molecule has 1 saturated carbocycles. The van der Waals surface area contributed by atoms with Gasteiger partial charge < -0.3 is 4.52 Å². The van der Waals surface area contributed by atoms with Crippen LogP contribution in [0.5, 0.6) is 0 Å². The van der Waals surface area contributed by atoms with Gasteiger partial charge in [0.15, 0.2) is 0 Å². The van der Waals surface area contributed by atoms with Gasteiger partial charge in [-0.1, -0.05) is 5.16 Å². The van der Waals surface area contributed by atoms with Crippen molar-refractivity contribution in [3.05, 3.63) is 17.5 Å². The van der Waals surface area contributed by atoms with Crippen LogP contribution in [0.1, 0.15) is 43.1 Å². The van der Waals surface area contributed by atoms with Crippen LogP contribution in [0.2, 0.25) is 0 Å². The zero-order chi connectivity index (χ0) is 15.0. The second-order valence-electron chi connectivity index (χ2n) is 6.31. The van der Waals surface area contributed by atoms with Gasteiger partial charge in [0.2, 0.25) is 10.0 Å². The third-order valence-electron chi connectivity index (χ3n) is 4.46. The molecule has 0 amide bonds. The van der Waals surface area contributed by atoms with Crippen LogP contribution in [0.4, 0.5) is 0 Å². The summed E-state index contributed by atoms with van der Waals surface area (Å²) < 4.78 is 30.2. The van der Waals surface area contributed by atoms with Crippen molar-refractivity contribution >= 4 is 10.0 Å². The normalized spacial score (nSPS) is 24.6. The number of nitrogens with zero attached hydrogens (tertiary/aromatic N) is 3. The first kappa shape index (κ1) is 15.0. The van der Waals surface area contributed by atoms with Crippen LogP contribution in [0.3, 0.4) is 0 Å². The molecule has 1 aliphatic carbocycles. The van der Waals surface area contributed by atoms with E-state index in [0.717, 1.165) is 43.9 Å². The molecule has 0 aromatic carbocycles. The quantitative estimate of drug-likeness (QED) is 0.822. The average Bonchev–Trinajstić information content (AvgIpc) is 3.18. The van der Waals surface area contributed by atoms with Crippen molar-refractivity contribution in [3.8, 4) is 0 Å². The number of aromatic nitrogens is 1. The number of hydrogen-bond donors (Lipinski definition) is 0. The van der Waals surface area contributed by atoms with Gasteiger partial charge in [0.25, 0.3) is 0 Å². The van der Waals surface area contributed by atoms with Gasteiger partial charge in [0.05, 0.1) is 11.9 Å². The molecule has 1 atom stereocenters. The van der Waals surface area contributed by atoms with E-state index in [1.54, 1.807) is 7.05 Å². The Morgan fingerprint density at radius 3 is 2.86 bits per heavy atom. The lowest BCUT2D eigenvalue weighted by molar-refractivity contribution is 0.150. The van der Waals surface area contributed by atoms with Crippen LogP contribution in [0, 0.1) is 0 Å². The summed E-state index contributed by atoms with van der Waals surface area (Å²) in [6.07, 6.45) is 5.62. The van der Waals surface area contributed by atoms with Gasteiger partial charge >= 0.3 is 0 Å². The lowest BCUT2D eigenvalue weighted by atomic mass is 10.1. The highest BCUT2D eigenvalue weighted by Gasteiger charge is 2.30. The zero-order valence-electron chi connectivity index (χ0n) is 12.7. The van der Waals surface area contributed by atoms with E-state index in [1.165, 1.54) is 23.4 Å². The SMILES string of the molecule is CN(C1CCCN(Cc2cc(C3CC3)on2)C1)S(C)(=O)=O. The third kappa shape index (κ3) is 3.64. The first-order chi connectivity index (χ1) is 9.93. The average molecular weight is 313 g/mol. The van der Waals surface area contributed by atoms with Gasteiger partial charge in [-0.15, -0.1) is 0 Å². The topological polar surface area (TPSA) is 66.7 Å². The van der Waals surface area contributed by atoms with Crippen molar-refractivity contribution in [1.82, 2.24) is 14.4 Å². The van der Waals surface area contributed by atoms with E-state index < -0.39 is 10.0 Å². The van der Waals surface area contributed by atoms with Gasteiger partial charge in [-0.05, 0) is 32.2 Å². The summed E-state index contributed by atoms with van der Waals surface area (Å²) >= 11 is 0. The van der Waals surface area contributed by atoms with Crippen molar-refractivity contribution in [2.75, 3.05) is 26.4 Å². The fourth-order valence-corrected chi connectivity index (χ4v) is 3.65. The number of likely N-dealkylation sites (tertiary alicyclic amines) is 1. The minimum Gasteiger partial charge on any atom is -0.361 e. The number of likely N-dealkylation sites (N-methyl/N-ethyl adjacent to an activating group) is 1. The summed E-state index contributed by atoms with van der Waals surface area (Å²) in [4.78, 5) is 2.27. The van der Waals surface area contributed by atoms with Crippen molar-refractivity contribution in [1.29, 1.82) is 0 Å². The Morgan fingerprint density at radius 1 is 1.43 bits per heavy atom. The van der Waals surface area contributed by atoms with Crippen molar-refractivity contribution in [2.24, 2.45) is 0 Å². The summed E-state index contributed by atoms with van der Waals surface area (Å²) in [5, 5.41) is 4.14. The first-order valence-corrected chi connectivity index (χ1v) is 9.39. The molecule has 2 fully saturated rings. The van der Waals surface area contributed by atoms with Crippen LogP contribution in [-0.2, 0) is 16.6 Å². The predicted octanol–water partition coefficient (Wildman–Crippen LogP) is 1.41. The fourth-order valence-electron chi connectivity index (χ4n) is 2.93.